The van der Waals surface area contributed by atoms with Crippen LogP contribution in [0.4, 0.5) is 0 Å². The first-order chi connectivity index (χ1) is 6.04. The molecule has 0 aromatic carbocycles. The number of carboxylic acid groups (broad SMARTS) is 2. The Hall–Kier alpha value is -1.39. The van der Waals surface area contributed by atoms with E-state index in [1.165, 1.54) is 0 Å². The molecular formula is C8H10O5. The molecule has 5 heteroatoms. The third kappa shape index (κ3) is 1.85. The molecule has 0 spiro atoms. The number of hydrogen-bond acceptors (Lipinski definition) is 3. The fourth-order valence-corrected chi connectivity index (χ4v) is 1.54. The summed E-state index contributed by atoms with van der Waals surface area (Å²) in [5, 5.41) is 17.2. The summed E-state index contributed by atoms with van der Waals surface area (Å²) in [5.41, 5.74) is 0. The Bertz CT molecular complexity index is 233. The third-order valence-electron chi connectivity index (χ3n) is 2.27. The zero-order valence-corrected chi connectivity index (χ0v) is 6.90. The van der Waals surface area contributed by atoms with E-state index in [2.05, 4.69) is 0 Å². The quantitative estimate of drug-likeness (QED) is 0.598. The average Bonchev–Trinajstić information content (AvgIpc) is 2.03. The fourth-order valence-electron chi connectivity index (χ4n) is 1.54. The summed E-state index contributed by atoms with van der Waals surface area (Å²) in [6, 6.07) is 0. The van der Waals surface area contributed by atoms with Crippen molar-refractivity contribution < 1.29 is 24.6 Å². The van der Waals surface area contributed by atoms with E-state index in [0.717, 1.165) is 0 Å². The molecule has 0 amide bonds. The van der Waals surface area contributed by atoms with Gasteiger partial charge in [-0.2, -0.15) is 0 Å². The summed E-state index contributed by atoms with van der Waals surface area (Å²) < 4.78 is 0. The van der Waals surface area contributed by atoms with Gasteiger partial charge in [-0.1, -0.05) is 6.42 Å². The van der Waals surface area contributed by atoms with Crippen LogP contribution in [0.25, 0.3) is 0 Å². The summed E-state index contributed by atoms with van der Waals surface area (Å²) in [5.74, 6) is -5.32. The van der Waals surface area contributed by atoms with Gasteiger partial charge in [-0.05, 0) is 12.8 Å². The molecule has 0 radical (unpaired) electrons. The molecule has 13 heavy (non-hydrogen) atoms. The number of Topliss-reactive ketones (excluding diaryl/α,β-unsaturated/α-hetero) is 1. The van der Waals surface area contributed by atoms with Crippen molar-refractivity contribution in [3.63, 3.8) is 0 Å². The summed E-state index contributed by atoms with van der Waals surface area (Å²) in [6.45, 7) is 0. The lowest BCUT2D eigenvalue weighted by molar-refractivity contribution is -0.154. The van der Waals surface area contributed by atoms with Crippen LogP contribution in [0.2, 0.25) is 0 Å². The van der Waals surface area contributed by atoms with Crippen molar-refractivity contribution >= 4 is 17.7 Å². The van der Waals surface area contributed by atoms with Gasteiger partial charge in [-0.3, -0.25) is 14.4 Å². The Morgan fingerprint density at radius 2 is 1.46 bits per heavy atom. The SMILES string of the molecule is O=C(O)C1CCCC(C(=O)O)C1=O. The molecule has 0 heterocycles. The predicted octanol–water partition coefficient (Wildman–Crippen LogP) is 0.141. The Morgan fingerprint density at radius 1 is 1.08 bits per heavy atom. The lowest BCUT2D eigenvalue weighted by Gasteiger charge is -2.21. The molecule has 0 aromatic heterocycles. The minimum absolute atomic E-state index is 0.262. The van der Waals surface area contributed by atoms with Gasteiger partial charge in [0.05, 0.1) is 0 Å². The molecule has 0 aromatic rings. The number of carbonyl (C=O) groups excluding carboxylic acids is 1. The molecule has 1 rings (SSSR count). The van der Waals surface area contributed by atoms with Gasteiger partial charge in [0.25, 0.3) is 0 Å². The summed E-state index contributed by atoms with van der Waals surface area (Å²) in [6.07, 6.45) is 1.01. The molecule has 2 N–H and O–H groups in total. The van der Waals surface area contributed by atoms with E-state index < -0.39 is 29.6 Å². The van der Waals surface area contributed by atoms with Gasteiger partial charge >= 0.3 is 11.9 Å². The van der Waals surface area contributed by atoms with Crippen LogP contribution in [0.5, 0.6) is 0 Å². The molecule has 72 valence electrons. The predicted molar refractivity (Wildman–Crippen MR) is 41.1 cm³/mol. The first kappa shape index (κ1) is 9.70. The topological polar surface area (TPSA) is 91.7 Å². The molecule has 1 saturated carbocycles. The van der Waals surface area contributed by atoms with Gasteiger partial charge in [0.2, 0.25) is 0 Å². The normalized spacial score (nSPS) is 28.5. The van der Waals surface area contributed by atoms with Crippen molar-refractivity contribution in [2.75, 3.05) is 0 Å². The van der Waals surface area contributed by atoms with E-state index >= 15 is 0 Å². The molecule has 0 bridgehead atoms. The highest BCUT2D eigenvalue weighted by molar-refractivity contribution is 6.07. The van der Waals surface area contributed by atoms with Crippen molar-refractivity contribution in [2.24, 2.45) is 11.8 Å². The maximum absolute atomic E-state index is 11.2. The Morgan fingerprint density at radius 3 is 1.77 bits per heavy atom. The maximum atomic E-state index is 11.2. The van der Waals surface area contributed by atoms with Gasteiger partial charge in [-0.25, -0.2) is 0 Å². The molecule has 2 unspecified atom stereocenters. The number of hydrogen-bond donors (Lipinski definition) is 2. The van der Waals surface area contributed by atoms with Crippen LogP contribution in [0, 0.1) is 11.8 Å². The Kier molecular flexibility index (Phi) is 2.65. The van der Waals surface area contributed by atoms with Crippen LogP contribution < -0.4 is 0 Å². The van der Waals surface area contributed by atoms with Gasteiger partial charge in [-0.15, -0.1) is 0 Å². The van der Waals surface area contributed by atoms with Crippen LogP contribution in [-0.2, 0) is 14.4 Å². The largest absolute Gasteiger partial charge is 0.481 e. The van der Waals surface area contributed by atoms with Gasteiger partial charge in [0.1, 0.15) is 11.8 Å². The summed E-state index contributed by atoms with van der Waals surface area (Å²) in [4.78, 5) is 32.3. The highest BCUT2D eigenvalue weighted by atomic mass is 16.4. The highest BCUT2D eigenvalue weighted by Gasteiger charge is 2.39. The van der Waals surface area contributed by atoms with Crippen molar-refractivity contribution in [1.29, 1.82) is 0 Å². The molecule has 2 atom stereocenters. The lowest BCUT2D eigenvalue weighted by Crippen LogP contribution is -2.37. The summed E-state index contributed by atoms with van der Waals surface area (Å²) >= 11 is 0. The van der Waals surface area contributed by atoms with E-state index in [1.54, 1.807) is 0 Å². The molecule has 0 aliphatic heterocycles. The number of carbonyl (C=O) groups is 3. The van der Waals surface area contributed by atoms with Crippen molar-refractivity contribution in [2.45, 2.75) is 19.3 Å². The van der Waals surface area contributed by atoms with Gasteiger partial charge in [0.15, 0.2) is 5.78 Å². The third-order valence-corrected chi connectivity index (χ3v) is 2.27. The number of rotatable bonds is 2. The van der Waals surface area contributed by atoms with E-state index in [1.807, 2.05) is 0 Å². The first-order valence-electron chi connectivity index (χ1n) is 4.03. The van der Waals surface area contributed by atoms with Crippen molar-refractivity contribution in [3.8, 4) is 0 Å². The van der Waals surface area contributed by atoms with E-state index in [-0.39, 0.29) is 12.8 Å². The van der Waals surface area contributed by atoms with Crippen LogP contribution in [-0.4, -0.2) is 27.9 Å². The molecule has 5 nitrogen and oxygen atoms in total. The average molecular weight is 186 g/mol. The van der Waals surface area contributed by atoms with Crippen LogP contribution >= 0.6 is 0 Å². The second-order valence-electron chi connectivity index (χ2n) is 3.11. The molecular weight excluding hydrogens is 176 g/mol. The Balaban J connectivity index is 2.77. The lowest BCUT2D eigenvalue weighted by atomic mass is 9.80. The zero-order chi connectivity index (χ0) is 10.0. The van der Waals surface area contributed by atoms with E-state index in [4.69, 9.17) is 10.2 Å². The molecule has 1 aliphatic carbocycles. The monoisotopic (exact) mass is 186 g/mol. The fraction of sp³-hybridized carbons (Fsp3) is 0.625. The number of aliphatic carboxylic acids is 2. The highest BCUT2D eigenvalue weighted by Crippen LogP contribution is 2.26. The van der Waals surface area contributed by atoms with Crippen molar-refractivity contribution in [3.05, 3.63) is 0 Å². The number of ketones is 1. The standard InChI is InChI=1S/C8H10O5/c9-6-4(7(10)11)2-1-3-5(6)8(12)13/h4-5H,1-3H2,(H,10,11)(H,12,13). The molecule has 0 saturated heterocycles. The van der Waals surface area contributed by atoms with E-state index in [9.17, 15) is 14.4 Å². The molecule has 1 aliphatic rings. The van der Waals surface area contributed by atoms with Crippen LogP contribution in [0.3, 0.4) is 0 Å². The Labute approximate surface area is 74.4 Å². The van der Waals surface area contributed by atoms with Crippen molar-refractivity contribution in [1.82, 2.24) is 0 Å². The smallest absolute Gasteiger partial charge is 0.314 e. The van der Waals surface area contributed by atoms with Gasteiger partial charge in [0, 0.05) is 0 Å². The minimum atomic E-state index is -1.21. The van der Waals surface area contributed by atoms with Gasteiger partial charge < -0.3 is 10.2 Å². The minimum Gasteiger partial charge on any atom is -0.481 e. The second kappa shape index (κ2) is 3.55. The molecule has 1 fully saturated rings. The first-order valence-corrected chi connectivity index (χ1v) is 4.03. The maximum Gasteiger partial charge on any atom is 0.314 e. The van der Waals surface area contributed by atoms with E-state index in [0.29, 0.717) is 6.42 Å². The summed E-state index contributed by atoms with van der Waals surface area (Å²) in [7, 11) is 0. The van der Waals surface area contributed by atoms with Crippen LogP contribution in [0.1, 0.15) is 19.3 Å². The zero-order valence-electron chi connectivity index (χ0n) is 6.90. The second-order valence-corrected chi connectivity index (χ2v) is 3.11. The van der Waals surface area contributed by atoms with Crippen LogP contribution in [0.15, 0.2) is 0 Å². The number of carboxylic acids is 2.